The van der Waals surface area contributed by atoms with E-state index in [1.165, 1.54) is 6.07 Å². The first-order valence-electron chi connectivity index (χ1n) is 5.28. The van der Waals surface area contributed by atoms with Gasteiger partial charge in [0.2, 0.25) is 10.0 Å². The lowest BCUT2D eigenvalue weighted by molar-refractivity contribution is 0.598. The molecule has 0 radical (unpaired) electrons. The van der Waals surface area contributed by atoms with Crippen molar-refractivity contribution in [1.82, 2.24) is 0 Å². The fourth-order valence-corrected chi connectivity index (χ4v) is 2.85. The Hall–Kier alpha value is -1.36. The molecular weight excluding hydrogens is 270 g/mol. The highest BCUT2D eigenvalue weighted by Crippen LogP contribution is 2.30. The van der Waals surface area contributed by atoms with Crippen LogP contribution in [-0.2, 0) is 10.0 Å². The second kappa shape index (κ2) is 4.72. The van der Waals surface area contributed by atoms with E-state index in [9.17, 15) is 8.42 Å². The second-order valence-corrected chi connectivity index (χ2v) is 5.97. The summed E-state index contributed by atoms with van der Waals surface area (Å²) in [5.74, 6) is 0. The van der Waals surface area contributed by atoms with Crippen molar-refractivity contribution in [2.75, 3.05) is 0 Å². The number of hydrogen-bond donors (Lipinski definition) is 1. The highest BCUT2D eigenvalue weighted by molar-refractivity contribution is 7.89. The SMILES string of the molecule is Cc1cc(Cl)ccc1-c1ccccc1S(N)(=O)=O. The highest BCUT2D eigenvalue weighted by atomic mass is 35.5. The fraction of sp³-hybridized carbons (Fsp3) is 0.0769. The zero-order chi connectivity index (χ0) is 13.3. The van der Waals surface area contributed by atoms with Crippen molar-refractivity contribution >= 4 is 21.6 Å². The lowest BCUT2D eigenvalue weighted by atomic mass is 10.0. The number of nitrogens with two attached hydrogens (primary N) is 1. The Kier molecular flexibility index (Phi) is 3.43. The van der Waals surface area contributed by atoms with Gasteiger partial charge >= 0.3 is 0 Å². The molecular formula is C13H12ClNO2S. The smallest absolute Gasteiger partial charge is 0.225 e. The topological polar surface area (TPSA) is 60.2 Å². The Bertz CT molecular complexity index is 696. The molecule has 0 aliphatic rings. The van der Waals surface area contributed by atoms with Crippen LogP contribution in [0.25, 0.3) is 11.1 Å². The van der Waals surface area contributed by atoms with E-state index in [1.807, 2.05) is 6.92 Å². The summed E-state index contributed by atoms with van der Waals surface area (Å²) in [4.78, 5) is 0.121. The molecule has 5 heteroatoms. The monoisotopic (exact) mass is 281 g/mol. The van der Waals surface area contributed by atoms with Crippen LogP contribution in [0.3, 0.4) is 0 Å². The van der Waals surface area contributed by atoms with Gasteiger partial charge in [-0.3, -0.25) is 0 Å². The predicted octanol–water partition coefficient (Wildman–Crippen LogP) is 2.96. The van der Waals surface area contributed by atoms with E-state index >= 15 is 0 Å². The van der Waals surface area contributed by atoms with Gasteiger partial charge in [-0.05, 0) is 36.2 Å². The molecule has 0 atom stereocenters. The first kappa shape index (κ1) is 13.1. The van der Waals surface area contributed by atoms with E-state index in [1.54, 1.807) is 36.4 Å². The number of sulfonamides is 1. The van der Waals surface area contributed by atoms with Gasteiger partial charge in [0.25, 0.3) is 0 Å². The minimum atomic E-state index is -3.74. The molecule has 18 heavy (non-hydrogen) atoms. The van der Waals surface area contributed by atoms with Crippen molar-refractivity contribution in [2.24, 2.45) is 5.14 Å². The zero-order valence-corrected chi connectivity index (χ0v) is 11.3. The summed E-state index contributed by atoms with van der Waals surface area (Å²) in [6, 6.07) is 12.0. The van der Waals surface area contributed by atoms with E-state index in [0.717, 1.165) is 11.1 Å². The van der Waals surface area contributed by atoms with E-state index in [2.05, 4.69) is 0 Å². The van der Waals surface area contributed by atoms with Crippen LogP contribution in [0.1, 0.15) is 5.56 Å². The molecule has 94 valence electrons. The quantitative estimate of drug-likeness (QED) is 0.920. The van der Waals surface area contributed by atoms with Crippen LogP contribution in [-0.4, -0.2) is 8.42 Å². The van der Waals surface area contributed by atoms with E-state index in [0.29, 0.717) is 10.6 Å². The third kappa shape index (κ3) is 2.56. The second-order valence-electron chi connectivity index (χ2n) is 4.00. The number of primary sulfonamides is 1. The molecule has 0 fully saturated rings. The first-order chi connectivity index (χ1) is 8.39. The number of halogens is 1. The Balaban J connectivity index is 2.72. The average molecular weight is 282 g/mol. The van der Waals surface area contributed by atoms with Gasteiger partial charge in [0, 0.05) is 10.6 Å². The minimum absolute atomic E-state index is 0.121. The van der Waals surface area contributed by atoms with Crippen LogP contribution in [0.5, 0.6) is 0 Å². The van der Waals surface area contributed by atoms with Crippen LogP contribution < -0.4 is 5.14 Å². The Labute approximate surface area is 111 Å². The van der Waals surface area contributed by atoms with Crippen LogP contribution in [0, 0.1) is 6.92 Å². The highest BCUT2D eigenvalue weighted by Gasteiger charge is 2.15. The summed E-state index contributed by atoms with van der Waals surface area (Å²) in [6.45, 7) is 1.88. The predicted molar refractivity (Wildman–Crippen MR) is 73.0 cm³/mol. The zero-order valence-electron chi connectivity index (χ0n) is 9.72. The molecule has 0 aliphatic carbocycles. The van der Waals surface area contributed by atoms with Crippen LogP contribution >= 0.6 is 11.6 Å². The third-order valence-corrected chi connectivity index (χ3v) is 3.88. The minimum Gasteiger partial charge on any atom is -0.225 e. The Morgan fingerprint density at radius 2 is 1.72 bits per heavy atom. The van der Waals surface area contributed by atoms with Crippen LogP contribution in [0.4, 0.5) is 0 Å². The van der Waals surface area contributed by atoms with E-state index < -0.39 is 10.0 Å². The molecule has 0 saturated carbocycles. The van der Waals surface area contributed by atoms with Crippen molar-refractivity contribution in [1.29, 1.82) is 0 Å². The third-order valence-electron chi connectivity index (χ3n) is 2.67. The van der Waals surface area contributed by atoms with Crippen molar-refractivity contribution in [3.63, 3.8) is 0 Å². The molecule has 2 aromatic carbocycles. The van der Waals surface area contributed by atoms with Gasteiger partial charge in [0.1, 0.15) is 0 Å². The summed E-state index contributed by atoms with van der Waals surface area (Å²) >= 11 is 5.89. The van der Waals surface area contributed by atoms with Gasteiger partial charge < -0.3 is 0 Å². The lowest BCUT2D eigenvalue weighted by Crippen LogP contribution is -2.13. The standard InChI is InChI=1S/C13H12ClNO2S/c1-9-8-10(14)6-7-11(9)12-4-2-3-5-13(12)18(15,16)17/h2-8H,1H3,(H2,15,16,17). The van der Waals surface area contributed by atoms with Gasteiger partial charge in [-0.1, -0.05) is 35.9 Å². The maximum atomic E-state index is 11.6. The average Bonchev–Trinajstić information content (AvgIpc) is 2.28. The molecule has 2 N–H and O–H groups in total. The van der Waals surface area contributed by atoms with Crippen molar-refractivity contribution in [2.45, 2.75) is 11.8 Å². The Morgan fingerprint density at radius 1 is 1.06 bits per heavy atom. The van der Waals surface area contributed by atoms with Gasteiger partial charge in [-0.2, -0.15) is 0 Å². The van der Waals surface area contributed by atoms with Gasteiger partial charge in [-0.15, -0.1) is 0 Å². The summed E-state index contributed by atoms with van der Waals surface area (Å²) in [6.07, 6.45) is 0. The number of aryl methyl sites for hydroxylation is 1. The van der Waals surface area contributed by atoms with Gasteiger partial charge in [0.15, 0.2) is 0 Å². The summed E-state index contributed by atoms with van der Waals surface area (Å²) in [7, 11) is -3.74. The van der Waals surface area contributed by atoms with Crippen LogP contribution in [0.2, 0.25) is 5.02 Å². The van der Waals surface area contributed by atoms with Crippen LogP contribution in [0.15, 0.2) is 47.4 Å². The molecule has 0 spiro atoms. The lowest BCUT2D eigenvalue weighted by Gasteiger charge is -2.10. The summed E-state index contributed by atoms with van der Waals surface area (Å²) in [5, 5.41) is 5.84. The number of hydrogen-bond acceptors (Lipinski definition) is 2. The van der Waals surface area contributed by atoms with Crippen molar-refractivity contribution in [3.8, 4) is 11.1 Å². The van der Waals surface area contributed by atoms with Gasteiger partial charge in [-0.25, -0.2) is 13.6 Å². The normalized spacial score (nSPS) is 11.5. The molecule has 3 nitrogen and oxygen atoms in total. The number of rotatable bonds is 2. The largest absolute Gasteiger partial charge is 0.238 e. The maximum absolute atomic E-state index is 11.6. The molecule has 0 saturated heterocycles. The van der Waals surface area contributed by atoms with Gasteiger partial charge in [0.05, 0.1) is 4.90 Å². The van der Waals surface area contributed by atoms with Crippen molar-refractivity contribution in [3.05, 3.63) is 53.1 Å². The molecule has 0 heterocycles. The fourth-order valence-electron chi connectivity index (χ4n) is 1.87. The molecule has 0 aliphatic heterocycles. The van der Waals surface area contributed by atoms with Crippen molar-refractivity contribution < 1.29 is 8.42 Å². The number of benzene rings is 2. The van der Waals surface area contributed by atoms with E-state index in [4.69, 9.17) is 16.7 Å². The first-order valence-corrected chi connectivity index (χ1v) is 7.20. The Morgan fingerprint density at radius 3 is 2.33 bits per heavy atom. The maximum Gasteiger partial charge on any atom is 0.238 e. The molecule has 0 amide bonds. The summed E-state index contributed by atoms with van der Waals surface area (Å²) < 4.78 is 23.1. The molecule has 0 unspecified atom stereocenters. The molecule has 2 rings (SSSR count). The van der Waals surface area contributed by atoms with E-state index in [-0.39, 0.29) is 4.90 Å². The molecule has 0 aromatic heterocycles. The molecule has 0 bridgehead atoms. The summed E-state index contributed by atoms with van der Waals surface area (Å²) in [5.41, 5.74) is 2.30. The molecule has 2 aromatic rings.